The van der Waals surface area contributed by atoms with Gasteiger partial charge in [-0.3, -0.25) is 4.79 Å². The standard InChI is InChI=1S/C21H16N2O3/c1-11-17(12(2)24)18-19(22-11)13-6-3-4-8-15(13)23-20(18)14-7-5-9-16-21(14)26-10-25-16/h3-9,22H,10H2,1-2H3. The summed E-state index contributed by atoms with van der Waals surface area (Å²) in [5, 5.41) is 1.82. The van der Waals surface area contributed by atoms with Crippen LogP contribution in [-0.4, -0.2) is 22.5 Å². The lowest BCUT2D eigenvalue weighted by molar-refractivity contribution is 0.101. The fourth-order valence-corrected chi connectivity index (χ4v) is 3.77. The lowest BCUT2D eigenvalue weighted by atomic mass is 9.99. The molecule has 0 atom stereocenters. The van der Waals surface area contributed by atoms with Crippen LogP contribution in [0, 0.1) is 6.92 Å². The number of aromatic amines is 1. The second kappa shape index (κ2) is 5.33. The van der Waals surface area contributed by atoms with E-state index in [1.54, 1.807) is 6.92 Å². The molecule has 0 saturated heterocycles. The summed E-state index contributed by atoms with van der Waals surface area (Å²) in [6.07, 6.45) is 0. The zero-order chi connectivity index (χ0) is 17.8. The number of nitrogens with zero attached hydrogens (tertiary/aromatic N) is 1. The third-order valence-electron chi connectivity index (χ3n) is 4.83. The van der Waals surface area contributed by atoms with Crippen LogP contribution in [0.2, 0.25) is 0 Å². The van der Waals surface area contributed by atoms with Gasteiger partial charge in [0.2, 0.25) is 6.79 Å². The van der Waals surface area contributed by atoms with E-state index in [9.17, 15) is 4.79 Å². The van der Waals surface area contributed by atoms with Crippen LogP contribution in [-0.2, 0) is 0 Å². The highest BCUT2D eigenvalue weighted by Gasteiger charge is 2.25. The molecule has 5 heteroatoms. The number of benzene rings is 2. The Morgan fingerprint density at radius 1 is 1.12 bits per heavy atom. The maximum Gasteiger partial charge on any atom is 0.231 e. The minimum atomic E-state index is 0.0110. The maximum atomic E-state index is 12.4. The number of para-hydroxylation sites is 2. The van der Waals surface area contributed by atoms with Gasteiger partial charge < -0.3 is 14.5 Å². The van der Waals surface area contributed by atoms with Crippen LogP contribution in [0.15, 0.2) is 42.5 Å². The molecule has 5 nitrogen and oxygen atoms in total. The molecule has 1 aliphatic heterocycles. The van der Waals surface area contributed by atoms with Gasteiger partial charge >= 0.3 is 0 Å². The predicted octanol–water partition coefficient (Wildman–Crippen LogP) is 4.62. The van der Waals surface area contributed by atoms with Crippen LogP contribution in [0.5, 0.6) is 11.5 Å². The monoisotopic (exact) mass is 344 g/mol. The Morgan fingerprint density at radius 3 is 2.81 bits per heavy atom. The molecule has 1 aliphatic rings. The molecule has 5 rings (SSSR count). The van der Waals surface area contributed by atoms with E-state index >= 15 is 0 Å². The molecule has 1 N–H and O–H groups in total. The molecule has 0 radical (unpaired) electrons. The SMILES string of the molecule is CC(=O)c1c(C)[nH]c2c1c(-c1cccc3c1OCO3)nc1ccccc12. The Kier molecular flexibility index (Phi) is 3.06. The number of aromatic nitrogens is 2. The van der Waals surface area contributed by atoms with Gasteiger partial charge in [0, 0.05) is 27.6 Å². The average molecular weight is 344 g/mol. The van der Waals surface area contributed by atoms with Crippen molar-refractivity contribution < 1.29 is 14.3 Å². The molecule has 128 valence electrons. The predicted molar refractivity (Wildman–Crippen MR) is 99.9 cm³/mol. The number of fused-ring (bicyclic) bond motifs is 4. The third-order valence-corrected chi connectivity index (χ3v) is 4.83. The van der Waals surface area contributed by atoms with E-state index in [0.717, 1.165) is 38.8 Å². The van der Waals surface area contributed by atoms with Crippen LogP contribution >= 0.6 is 0 Å². The number of H-pyrrole nitrogens is 1. The Hall–Kier alpha value is -3.34. The molecular formula is C21H16N2O3. The Balaban J connectivity index is 1.98. The molecule has 0 saturated carbocycles. The van der Waals surface area contributed by atoms with Crippen molar-refractivity contribution in [2.45, 2.75) is 13.8 Å². The average Bonchev–Trinajstić information content (AvgIpc) is 3.24. The number of Topliss-reactive ketones (excluding diaryl/α,β-unsaturated/α-hetero) is 1. The molecule has 0 bridgehead atoms. The number of carbonyl (C=O) groups excluding carboxylic acids is 1. The summed E-state index contributed by atoms with van der Waals surface area (Å²) >= 11 is 0. The third kappa shape index (κ3) is 1.97. The van der Waals surface area contributed by atoms with Crippen molar-refractivity contribution in [1.82, 2.24) is 9.97 Å². The minimum Gasteiger partial charge on any atom is -0.454 e. The minimum absolute atomic E-state index is 0.0110. The van der Waals surface area contributed by atoms with Gasteiger partial charge in [-0.2, -0.15) is 0 Å². The van der Waals surface area contributed by atoms with Crippen LogP contribution in [0.3, 0.4) is 0 Å². The summed E-state index contributed by atoms with van der Waals surface area (Å²) in [5.74, 6) is 1.38. The lowest BCUT2D eigenvalue weighted by Crippen LogP contribution is -1.97. The number of hydrogen-bond donors (Lipinski definition) is 1. The molecule has 0 amide bonds. The molecule has 2 aromatic heterocycles. The van der Waals surface area contributed by atoms with Gasteiger partial charge in [0.1, 0.15) is 0 Å². The number of nitrogens with one attached hydrogen (secondary N) is 1. The summed E-state index contributed by atoms with van der Waals surface area (Å²) in [6, 6.07) is 13.7. The summed E-state index contributed by atoms with van der Waals surface area (Å²) in [4.78, 5) is 20.7. The highest BCUT2D eigenvalue weighted by atomic mass is 16.7. The lowest BCUT2D eigenvalue weighted by Gasteiger charge is -2.10. The molecule has 4 aromatic rings. The van der Waals surface area contributed by atoms with Gasteiger partial charge in [0.25, 0.3) is 0 Å². The fraction of sp³-hybridized carbons (Fsp3) is 0.143. The van der Waals surface area contributed by atoms with Crippen molar-refractivity contribution in [3.05, 3.63) is 53.7 Å². The first-order chi connectivity index (χ1) is 12.6. The fourth-order valence-electron chi connectivity index (χ4n) is 3.77. The summed E-state index contributed by atoms with van der Waals surface area (Å²) < 4.78 is 11.2. The second-order valence-corrected chi connectivity index (χ2v) is 6.45. The number of carbonyl (C=O) groups is 1. The molecule has 0 unspecified atom stereocenters. The zero-order valence-electron chi connectivity index (χ0n) is 14.4. The molecular weight excluding hydrogens is 328 g/mol. The van der Waals surface area contributed by atoms with Gasteiger partial charge in [-0.25, -0.2) is 4.98 Å². The van der Waals surface area contributed by atoms with Gasteiger partial charge in [-0.1, -0.05) is 24.3 Å². The number of pyridine rings is 1. The van der Waals surface area contributed by atoms with Crippen molar-refractivity contribution in [3.8, 4) is 22.8 Å². The van der Waals surface area contributed by atoms with E-state index in [1.165, 1.54) is 0 Å². The Bertz CT molecular complexity index is 1210. The first-order valence-corrected chi connectivity index (χ1v) is 8.46. The number of rotatable bonds is 2. The van der Waals surface area contributed by atoms with Crippen LogP contribution in [0.1, 0.15) is 23.0 Å². The molecule has 3 heterocycles. The van der Waals surface area contributed by atoms with Gasteiger partial charge in [0.15, 0.2) is 17.3 Å². The topological polar surface area (TPSA) is 64.2 Å². The largest absolute Gasteiger partial charge is 0.454 e. The molecule has 0 fully saturated rings. The zero-order valence-corrected chi connectivity index (χ0v) is 14.4. The number of aryl methyl sites for hydroxylation is 1. The van der Waals surface area contributed by atoms with Crippen molar-refractivity contribution in [2.75, 3.05) is 6.79 Å². The first-order valence-electron chi connectivity index (χ1n) is 8.46. The van der Waals surface area contributed by atoms with Gasteiger partial charge in [0.05, 0.1) is 16.7 Å². The van der Waals surface area contributed by atoms with E-state index in [2.05, 4.69) is 4.98 Å². The van der Waals surface area contributed by atoms with Crippen molar-refractivity contribution in [2.24, 2.45) is 0 Å². The summed E-state index contributed by atoms with van der Waals surface area (Å²) in [6.45, 7) is 3.70. The quantitative estimate of drug-likeness (QED) is 0.539. The molecule has 2 aromatic carbocycles. The number of hydrogen-bond acceptors (Lipinski definition) is 4. The van der Waals surface area contributed by atoms with E-state index < -0.39 is 0 Å². The maximum absolute atomic E-state index is 12.4. The molecule has 0 aliphatic carbocycles. The molecule has 0 spiro atoms. The van der Waals surface area contributed by atoms with E-state index in [4.69, 9.17) is 14.5 Å². The van der Waals surface area contributed by atoms with Gasteiger partial charge in [-0.05, 0) is 32.0 Å². The second-order valence-electron chi connectivity index (χ2n) is 6.45. The highest BCUT2D eigenvalue weighted by Crippen LogP contribution is 2.44. The highest BCUT2D eigenvalue weighted by molar-refractivity contribution is 6.19. The normalized spacial score (nSPS) is 12.8. The Labute approximate surface area is 149 Å². The van der Waals surface area contributed by atoms with E-state index in [-0.39, 0.29) is 12.6 Å². The first kappa shape index (κ1) is 15.0. The van der Waals surface area contributed by atoms with Crippen molar-refractivity contribution in [1.29, 1.82) is 0 Å². The van der Waals surface area contributed by atoms with Crippen LogP contribution < -0.4 is 9.47 Å². The molecule has 26 heavy (non-hydrogen) atoms. The summed E-state index contributed by atoms with van der Waals surface area (Å²) in [5.41, 5.74) is 4.86. The van der Waals surface area contributed by atoms with E-state index in [0.29, 0.717) is 17.1 Å². The van der Waals surface area contributed by atoms with E-state index in [1.807, 2.05) is 49.4 Å². The summed E-state index contributed by atoms with van der Waals surface area (Å²) in [7, 11) is 0. The van der Waals surface area contributed by atoms with Crippen LogP contribution in [0.4, 0.5) is 0 Å². The van der Waals surface area contributed by atoms with Gasteiger partial charge in [-0.15, -0.1) is 0 Å². The number of ketones is 1. The van der Waals surface area contributed by atoms with Crippen molar-refractivity contribution >= 4 is 27.6 Å². The van der Waals surface area contributed by atoms with Crippen molar-refractivity contribution in [3.63, 3.8) is 0 Å². The smallest absolute Gasteiger partial charge is 0.231 e. The van der Waals surface area contributed by atoms with Crippen LogP contribution in [0.25, 0.3) is 33.1 Å². The number of ether oxygens (including phenoxy) is 2. The Morgan fingerprint density at radius 2 is 1.96 bits per heavy atom.